The Morgan fingerprint density at radius 3 is 1.54 bits per heavy atom. The number of aliphatic carboxylic acids is 1. The molecule has 0 spiro atoms. The molecule has 7 unspecified atom stereocenters. The average molecular weight is 1600 g/mol. The molecule has 0 bridgehead atoms. The quantitative estimate of drug-likeness (QED) is 0.0125. The van der Waals surface area contributed by atoms with Gasteiger partial charge < -0.3 is 144 Å². The predicted octanol–water partition coefficient (Wildman–Crippen LogP) is -5.47. The minimum atomic E-state index is -5.53. The molecule has 5 rings (SSSR count). The summed E-state index contributed by atoms with van der Waals surface area (Å²) < 4.78 is 86.8. The van der Waals surface area contributed by atoms with Crippen molar-refractivity contribution in [3.63, 3.8) is 0 Å². The van der Waals surface area contributed by atoms with Crippen molar-refractivity contribution in [2.24, 2.45) is 0 Å². The molecule has 4 heterocycles. The number of carbonyl (C=O) groups is 11. The van der Waals surface area contributed by atoms with Crippen LogP contribution < -0.4 is 31.9 Å². The first kappa shape index (κ1) is 93.5. The molecule has 4 aliphatic heterocycles. The largest absolute Gasteiger partial charge is 0.477 e. The van der Waals surface area contributed by atoms with Crippen LogP contribution in [0.1, 0.15) is 125 Å². The zero-order valence-electron chi connectivity index (χ0n) is 61.8. The number of carbonyl (C=O) groups excluding carboxylic acids is 10. The van der Waals surface area contributed by atoms with Crippen LogP contribution in [0.2, 0.25) is 0 Å². The van der Waals surface area contributed by atoms with Crippen molar-refractivity contribution in [2.75, 3.05) is 52.7 Å². The summed E-state index contributed by atoms with van der Waals surface area (Å²) in [6, 6.07) is 1.75. The lowest BCUT2D eigenvalue weighted by Crippen LogP contribution is -2.69. The number of carboxylic acids is 1. The van der Waals surface area contributed by atoms with Gasteiger partial charge in [-0.05, 0) is 18.4 Å². The van der Waals surface area contributed by atoms with Gasteiger partial charge in [0.15, 0.2) is 31.1 Å². The highest BCUT2D eigenvalue weighted by Crippen LogP contribution is 2.43. The number of ether oxygens (including phenoxy) is 12. The van der Waals surface area contributed by atoms with Gasteiger partial charge in [-0.3, -0.25) is 52.5 Å². The lowest BCUT2D eigenvalue weighted by molar-refractivity contribution is -0.330. The molecule has 0 radical (unpaired) electrons. The number of hydrogen-bond donors (Lipinski definition) is 17. The Morgan fingerprint density at radius 2 is 1.05 bits per heavy atom. The van der Waals surface area contributed by atoms with Crippen molar-refractivity contribution in [1.29, 1.82) is 0 Å². The summed E-state index contributed by atoms with van der Waals surface area (Å²) in [5, 5.41) is 113. The smallest absolute Gasteiger partial charge is 0.470 e. The molecular formula is C67H105N6O36P. The maximum absolute atomic E-state index is 13.8. The first-order chi connectivity index (χ1) is 52.1. The van der Waals surface area contributed by atoms with Crippen LogP contribution in [0.5, 0.6) is 0 Å². The Morgan fingerprint density at radius 1 is 0.573 bits per heavy atom. The van der Waals surface area contributed by atoms with Gasteiger partial charge in [0.1, 0.15) is 91.4 Å². The second-order valence-corrected chi connectivity index (χ2v) is 27.2. The number of rotatable bonds is 44. The lowest BCUT2D eigenvalue weighted by Gasteiger charge is -2.47. The summed E-state index contributed by atoms with van der Waals surface area (Å²) in [6.07, 6.45) is -35.7. The van der Waals surface area contributed by atoms with Crippen molar-refractivity contribution in [2.45, 2.75) is 266 Å². The number of amides is 6. The van der Waals surface area contributed by atoms with Gasteiger partial charge in [0.05, 0.1) is 71.0 Å². The molecule has 17 N–H and O–H groups in total. The highest BCUT2D eigenvalue weighted by Gasteiger charge is 2.58. The number of nitrogens with one attached hydrogen (secondary N) is 6. The van der Waals surface area contributed by atoms with E-state index in [4.69, 9.17) is 61.4 Å². The van der Waals surface area contributed by atoms with E-state index in [-0.39, 0.29) is 58.0 Å². The molecule has 42 nitrogen and oxygen atoms in total. The van der Waals surface area contributed by atoms with Crippen LogP contribution in [-0.2, 0) is 125 Å². The normalized spacial score (nSPS) is 29.3. The molecule has 0 saturated carbocycles. The second-order valence-electron chi connectivity index (χ2n) is 26.0. The number of phosphoric acid groups is 1. The third-order valence-corrected chi connectivity index (χ3v) is 18.3. The van der Waals surface area contributed by atoms with Crippen LogP contribution in [0, 0.1) is 0 Å². The van der Waals surface area contributed by atoms with Crippen LogP contribution >= 0.6 is 7.82 Å². The van der Waals surface area contributed by atoms with E-state index in [0.29, 0.717) is 5.56 Å². The predicted molar refractivity (Wildman–Crippen MR) is 366 cm³/mol. The SMILES string of the molecule is CCC(=O)O[C@H](CC)CC(=O)NC1[C@H](OCCNC(=O)CCC(=O)NCCO[C@@H]2OC(CO[C@]3(C(=O)O)C[C@@H](O)[C@@H](NC(=O)Cc4ccccc4)C([C@H](O)[C@H](O)CO)O3)[C@H](O)[C@H](O)C2NC(C)=O)OC(CO[C@@H]2OC(CO)[C@@H](OP(=O)(O)O)[C@H](OC(=O)CC)C2NC(=O)C[C@@H](CC)OC(=O)CC)[C@@H](O)[C@@H]1OC(=O)CC. The topological polar surface area (TPSA) is 620 Å². The van der Waals surface area contributed by atoms with Crippen LogP contribution in [0.4, 0.5) is 0 Å². The van der Waals surface area contributed by atoms with Crippen LogP contribution in [-0.4, -0.2) is 314 Å². The Hall–Kier alpha value is -7.14. The Balaban J connectivity index is 1.27. The number of benzene rings is 1. The van der Waals surface area contributed by atoms with E-state index in [1.165, 1.54) is 27.7 Å². The highest BCUT2D eigenvalue weighted by molar-refractivity contribution is 7.46. The molecular weight excluding hydrogens is 1500 g/mol. The number of aliphatic hydroxyl groups excluding tert-OH is 8. The molecule has 1 aromatic carbocycles. The summed E-state index contributed by atoms with van der Waals surface area (Å²) in [5.41, 5.74) is 0.538. The van der Waals surface area contributed by atoms with E-state index in [9.17, 15) is 113 Å². The monoisotopic (exact) mass is 1600 g/mol. The number of aliphatic hydroxyl groups is 8. The van der Waals surface area contributed by atoms with Crippen LogP contribution in [0.3, 0.4) is 0 Å². The van der Waals surface area contributed by atoms with Gasteiger partial charge in [-0.25, -0.2) is 9.36 Å². The number of esters is 4. The fourth-order valence-electron chi connectivity index (χ4n) is 11.9. The van der Waals surface area contributed by atoms with Gasteiger partial charge in [0.2, 0.25) is 35.4 Å². The minimum absolute atomic E-state index is 0.0324. The number of phosphoric ester groups is 1. The molecule has 4 aliphatic rings. The van der Waals surface area contributed by atoms with Crippen molar-refractivity contribution >= 4 is 73.1 Å². The summed E-state index contributed by atoms with van der Waals surface area (Å²) in [6.45, 7) is 4.48. The maximum Gasteiger partial charge on any atom is 0.470 e. The van der Waals surface area contributed by atoms with Crippen molar-refractivity contribution in [3.05, 3.63) is 35.9 Å². The van der Waals surface area contributed by atoms with E-state index >= 15 is 0 Å². The Labute approximate surface area is 632 Å². The van der Waals surface area contributed by atoms with Gasteiger partial charge in [-0.2, -0.15) is 0 Å². The molecule has 0 aromatic heterocycles. The highest BCUT2D eigenvalue weighted by atomic mass is 31.2. The molecule has 23 atom stereocenters. The van der Waals surface area contributed by atoms with Crippen LogP contribution in [0.15, 0.2) is 30.3 Å². The minimum Gasteiger partial charge on any atom is -0.477 e. The summed E-state index contributed by atoms with van der Waals surface area (Å²) >= 11 is 0. The summed E-state index contributed by atoms with van der Waals surface area (Å²) in [7, 11) is -5.53. The Bertz CT molecular complexity index is 3220. The molecule has 4 fully saturated rings. The van der Waals surface area contributed by atoms with E-state index in [1.54, 1.807) is 44.2 Å². The molecule has 6 amide bonds. The number of hydrogen-bond acceptors (Lipinski definition) is 33. The molecule has 0 aliphatic carbocycles. The van der Waals surface area contributed by atoms with E-state index < -0.39 is 285 Å². The second kappa shape index (κ2) is 45.5. The third kappa shape index (κ3) is 28.5. The standard InChI is InChI=1S/C67H105N6O36P/c1-8-35(101-47(84)10-3)26-45(82)72-53-60(106-49(86)12-5)57(90)40(31-99-65-54(73-46(83)27-36(9-2)102-48(85)11-4)62(107-50(87)13-6)59(39(30-75)103-65)109-110(94,95)96)104-64(53)98-24-22-69-43(80)20-19-42(79)68-21-23-97-63-52(70-33(7)76)58(91)56(89)41(105-63)32-100-67(66(92)93)28-37(77)51(61(108-67)55(88)38(78)29-74)71-44(81)25-34-17-15-14-16-18-34/h14-18,35-41,51-65,74-75,77-78,88-91H,8-13,19-32H2,1-7H3,(H,68,79)(H,69,80)(H,70,76)(H,71,81)(H,72,82)(H,73,83)(H,92,93)(H2,94,95,96)/t35-,36-,37-,38-,39?,40?,41?,51-,52?,53?,54?,55-,56+,57-,58-,59-,60-,61?,62-,63-,64-,65-,67-/m1/s1. The van der Waals surface area contributed by atoms with Crippen molar-refractivity contribution < 1.29 is 174 Å². The zero-order valence-corrected chi connectivity index (χ0v) is 62.7. The number of carboxylic acid groups (broad SMARTS) is 1. The molecule has 43 heteroatoms. The first-order valence-electron chi connectivity index (χ1n) is 36.0. The van der Waals surface area contributed by atoms with E-state index in [2.05, 4.69) is 31.9 Å². The van der Waals surface area contributed by atoms with Gasteiger partial charge >= 0.3 is 37.7 Å². The van der Waals surface area contributed by atoms with Crippen LogP contribution in [0.25, 0.3) is 0 Å². The van der Waals surface area contributed by atoms with Gasteiger partial charge in [0.25, 0.3) is 5.79 Å². The van der Waals surface area contributed by atoms with Gasteiger partial charge in [0, 0.05) is 65.0 Å². The fraction of sp³-hybridized carbons (Fsp3) is 0.746. The van der Waals surface area contributed by atoms with E-state index in [0.717, 1.165) is 6.92 Å². The fourth-order valence-corrected chi connectivity index (χ4v) is 12.5. The molecule has 4 saturated heterocycles. The first-order valence-corrected chi connectivity index (χ1v) is 37.5. The molecule has 110 heavy (non-hydrogen) atoms. The molecule has 624 valence electrons. The zero-order chi connectivity index (χ0) is 81.7. The summed E-state index contributed by atoms with van der Waals surface area (Å²) in [5.74, 6) is -12.7. The summed E-state index contributed by atoms with van der Waals surface area (Å²) in [4.78, 5) is 163. The van der Waals surface area contributed by atoms with Gasteiger partial charge in [-0.15, -0.1) is 0 Å². The molecule has 1 aromatic rings. The van der Waals surface area contributed by atoms with Crippen molar-refractivity contribution in [1.82, 2.24) is 31.9 Å². The lowest BCUT2D eigenvalue weighted by atomic mass is 9.88. The average Bonchev–Trinajstić information content (AvgIpc) is 0.778. The maximum atomic E-state index is 13.8. The Kier molecular flexibility index (Phi) is 38.7. The van der Waals surface area contributed by atoms with E-state index in [1.807, 2.05) is 0 Å². The third-order valence-electron chi connectivity index (χ3n) is 17.8. The van der Waals surface area contributed by atoms with Crippen molar-refractivity contribution in [3.8, 4) is 0 Å². The van der Waals surface area contributed by atoms with Gasteiger partial charge in [-0.1, -0.05) is 71.9 Å².